The Hall–Kier alpha value is -3.04. The van der Waals surface area contributed by atoms with Crippen LogP contribution in [-0.2, 0) is 11.0 Å². The highest BCUT2D eigenvalue weighted by Crippen LogP contribution is 2.33. The average Bonchev–Trinajstić information content (AvgIpc) is 2.67. The second-order valence-electron chi connectivity index (χ2n) is 7.18. The number of alkyl halides is 3. The summed E-state index contributed by atoms with van der Waals surface area (Å²) in [6.07, 6.45) is -2.49. The van der Waals surface area contributed by atoms with Crippen LogP contribution in [0.3, 0.4) is 0 Å². The first kappa shape index (κ1) is 21.7. The van der Waals surface area contributed by atoms with Gasteiger partial charge in [0, 0.05) is 32.5 Å². The molecule has 0 bridgehead atoms. The van der Waals surface area contributed by atoms with E-state index in [1.54, 1.807) is 6.92 Å². The lowest BCUT2D eigenvalue weighted by Crippen LogP contribution is -2.43. The number of amides is 1. The van der Waals surface area contributed by atoms with Gasteiger partial charge in [0.1, 0.15) is 17.5 Å². The molecule has 10 heteroatoms. The molecule has 30 heavy (non-hydrogen) atoms. The van der Waals surface area contributed by atoms with E-state index >= 15 is 0 Å². The van der Waals surface area contributed by atoms with Crippen molar-refractivity contribution in [2.75, 3.05) is 29.1 Å². The van der Waals surface area contributed by atoms with Crippen LogP contribution in [0.2, 0.25) is 0 Å². The van der Waals surface area contributed by atoms with E-state index in [9.17, 15) is 18.0 Å². The van der Waals surface area contributed by atoms with Gasteiger partial charge in [-0.15, -0.1) is 0 Å². The summed E-state index contributed by atoms with van der Waals surface area (Å²) in [5.74, 6) is 1.49. The highest BCUT2D eigenvalue weighted by atomic mass is 19.4. The Kier molecular flexibility index (Phi) is 6.33. The molecule has 1 aliphatic carbocycles. The summed E-state index contributed by atoms with van der Waals surface area (Å²) in [4.78, 5) is 21.7. The molecule has 2 N–H and O–H groups in total. The summed E-state index contributed by atoms with van der Waals surface area (Å²) in [6.45, 7) is 4.48. The summed E-state index contributed by atoms with van der Waals surface area (Å²) in [5, 5.41) is 5.91. The van der Waals surface area contributed by atoms with E-state index in [0.29, 0.717) is 54.7 Å². The van der Waals surface area contributed by atoms with Gasteiger partial charge in [-0.3, -0.25) is 4.79 Å². The van der Waals surface area contributed by atoms with Gasteiger partial charge in [0.05, 0.1) is 11.3 Å². The molecule has 0 radical (unpaired) electrons. The number of halogens is 3. The minimum absolute atomic E-state index is 0.0888. The lowest BCUT2D eigenvalue weighted by molar-refractivity contribution is -0.137. The summed E-state index contributed by atoms with van der Waals surface area (Å²) >= 11 is 0. The molecule has 1 saturated carbocycles. The van der Waals surface area contributed by atoms with Gasteiger partial charge in [0.15, 0.2) is 5.82 Å². The molecular weight excluding hydrogens is 399 g/mol. The minimum Gasteiger partial charge on any atom is -0.490 e. The lowest BCUT2D eigenvalue weighted by Gasteiger charge is -2.36. The second-order valence-corrected chi connectivity index (χ2v) is 7.18. The SMILES string of the molecule is CCN(C)c1nc(NC2CC(Oc3ccc(C(F)(F)F)cc3)C2)nc(C)c1NC=O. The van der Waals surface area contributed by atoms with Gasteiger partial charge in [0.25, 0.3) is 0 Å². The van der Waals surface area contributed by atoms with E-state index in [4.69, 9.17) is 4.74 Å². The number of aryl methyl sites for hydroxylation is 1. The number of carbonyl (C=O) groups excluding carboxylic acids is 1. The molecule has 162 valence electrons. The number of benzene rings is 1. The maximum absolute atomic E-state index is 12.6. The summed E-state index contributed by atoms with van der Waals surface area (Å²) in [7, 11) is 1.87. The van der Waals surface area contributed by atoms with Crippen molar-refractivity contribution in [3.63, 3.8) is 0 Å². The Morgan fingerprint density at radius 3 is 2.47 bits per heavy atom. The molecule has 0 spiro atoms. The zero-order valence-electron chi connectivity index (χ0n) is 17.0. The molecule has 3 rings (SSSR count). The fourth-order valence-electron chi connectivity index (χ4n) is 3.15. The molecule has 1 aliphatic rings. The molecule has 1 aromatic carbocycles. The predicted octanol–water partition coefficient (Wildman–Crippen LogP) is 3.85. The van der Waals surface area contributed by atoms with Crippen LogP contribution in [0.25, 0.3) is 0 Å². The molecule has 2 aromatic rings. The number of hydrogen-bond acceptors (Lipinski definition) is 6. The van der Waals surface area contributed by atoms with E-state index < -0.39 is 11.7 Å². The quantitative estimate of drug-likeness (QED) is 0.628. The average molecular weight is 423 g/mol. The topological polar surface area (TPSA) is 79.4 Å². The Labute approximate surface area is 172 Å². The number of anilines is 3. The summed E-state index contributed by atoms with van der Waals surface area (Å²) in [5.41, 5.74) is 0.514. The van der Waals surface area contributed by atoms with Crippen molar-refractivity contribution in [2.45, 2.75) is 45.0 Å². The Bertz CT molecular complexity index is 883. The third kappa shape index (κ3) is 4.92. The molecule has 1 aromatic heterocycles. The fraction of sp³-hybridized carbons (Fsp3) is 0.450. The molecule has 1 heterocycles. The summed E-state index contributed by atoms with van der Waals surface area (Å²) in [6, 6.07) is 4.79. The predicted molar refractivity (Wildman–Crippen MR) is 108 cm³/mol. The van der Waals surface area contributed by atoms with Crippen molar-refractivity contribution in [3.05, 3.63) is 35.5 Å². The van der Waals surface area contributed by atoms with Crippen molar-refractivity contribution in [1.82, 2.24) is 9.97 Å². The van der Waals surface area contributed by atoms with Crippen molar-refractivity contribution in [3.8, 4) is 5.75 Å². The van der Waals surface area contributed by atoms with Crippen LogP contribution in [0, 0.1) is 6.92 Å². The van der Waals surface area contributed by atoms with Gasteiger partial charge in [0.2, 0.25) is 12.4 Å². The third-order valence-corrected chi connectivity index (χ3v) is 5.02. The van der Waals surface area contributed by atoms with Crippen LogP contribution in [-0.4, -0.2) is 42.1 Å². The molecule has 0 saturated heterocycles. The number of aromatic nitrogens is 2. The zero-order valence-corrected chi connectivity index (χ0v) is 17.0. The van der Waals surface area contributed by atoms with Gasteiger partial charge in [-0.05, 0) is 38.1 Å². The number of hydrogen-bond donors (Lipinski definition) is 2. The van der Waals surface area contributed by atoms with Crippen LogP contribution in [0.4, 0.5) is 30.6 Å². The first-order valence-corrected chi connectivity index (χ1v) is 9.61. The number of nitrogens with zero attached hydrogens (tertiary/aromatic N) is 3. The number of carbonyl (C=O) groups is 1. The van der Waals surface area contributed by atoms with Crippen LogP contribution in [0.5, 0.6) is 5.75 Å². The van der Waals surface area contributed by atoms with E-state index in [-0.39, 0.29) is 12.1 Å². The number of rotatable bonds is 8. The molecule has 0 aliphatic heterocycles. The van der Waals surface area contributed by atoms with E-state index in [1.807, 2.05) is 18.9 Å². The maximum Gasteiger partial charge on any atom is 0.416 e. The maximum atomic E-state index is 12.6. The van der Waals surface area contributed by atoms with Crippen molar-refractivity contribution in [2.24, 2.45) is 0 Å². The van der Waals surface area contributed by atoms with Crippen molar-refractivity contribution in [1.29, 1.82) is 0 Å². The van der Waals surface area contributed by atoms with Crippen molar-refractivity contribution >= 4 is 23.9 Å². The van der Waals surface area contributed by atoms with E-state index in [2.05, 4.69) is 20.6 Å². The normalized spacial score (nSPS) is 18.3. The zero-order chi connectivity index (χ0) is 21.9. The standard InChI is InChI=1S/C20H24F3N5O2/c1-4-28(3)18-17(24-11-29)12(2)25-19(27-18)26-14-9-16(10-14)30-15-7-5-13(6-8-15)20(21,22)23/h5-8,11,14,16H,4,9-10H2,1-3H3,(H,24,29)(H,25,26,27). The first-order chi connectivity index (χ1) is 14.2. The summed E-state index contributed by atoms with van der Waals surface area (Å²) < 4.78 is 43.6. The van der Waals surface area contributed by atoms with Gasteiger partial charge in [-0.25, -0.2) is 4.98 Å². The smallest absolute Gasteiger partial charge is 0.416 e. The monoisotopic (exact) mass is 423 g/mol. The van der Waals surface area contributed by atoms with Crippen molar-refractivity contribution < 1.29 is 22.7 Å². The van der Waals surface area contributed by atoms with Gasteiger partial charge < -0.3 is 20.3 Å². The molecule has 7 nitrogen and oxygen atoms in total. The van der Waals surface area contributed by atoms with Gasteiger partial charge >= 0.3 is 6.18 Å². The number of ether oxygens (including phenoxy) is 1. The highest BCUT2D eigenvalue weighted by Gasteiger charge is 2.33. The third-order valence-electron chi connectivity index (χ3n) is 5.02. The van der Waals surface area contributed by atoms with E-state index in [0.717, 1.165) is 12.1 Å². The largest absolute Gasteiger partial charge is 0.490 e. The Balaban J connectivity index is 1.59. The molecule has 1 amide bonds. The molecule has 0 unspecified atom stereocenters. The first-order valence-electron chi connectivity index (χ1n) is 9.61. The lowest BCUT2D eigenvalue weighted by atomic mass is 9.89. The van der Waals surface area contributed by atoms with Crippen LogP contribution in [0.1, 0.15) is 31.0 Å². The van der Waals surface area contributed by atoms with Crippen LogP contribution >= 0.6 is 0 Å². The fourth-order valence-corrected chi connectivity index (χ4v) is 3.15. The number of nitrogens with one attached hydrogen (secondary N) is 2. The van der Waals surface area contributed by atoms with Crippen LogP contribution in [0.15, 0.2) is 24.3 Å². The Morgan fingerprint density at radius 2 is 1.90 bits per heavy atom. The van der Waals surface area contributed by atoms with Crippen LogP contribution < -0.4 is 20.3 Å². The van der Waals surface area contributed by atoms with E-state index in [1.165, 1.54) is 12.1 Å². The van der Waals surface area contributed by atoms with Gasteiger partial charge in [-0.2, -0.15) is 18.2 Å². The molecule has 0 atom stereocenters. The molecular formula is C20H24F3N5O2. The second kappa shape index (κ2) is 8.76. The Morgan fingerprint density at radius 1 is 1.23 bits per heavy atom. The van der Waals surface area contributed by atoms with Gasteiger partial charge in [-0.1, -0.05) is 0 Å². The minimum atomic E-state index is -4.36. The molecule has 1 fully saturated rings. The highest BCUT2D eigenvalue weighted by molar-refractivity contribution is 5.81.